The SMILES string of the molecule is CC1CC(C)C(Sc2ccc(Cl)c(Cl)c2)C(N)C1. The fraction of sp³-hybridized carbons (Fsp3) is 0.571. The molecule has 4 unspecified atom stereocenters. The largest absolute Gasteiger partial charge is 0.327 e. The van der Waals surface area contributed by atoms with E-state index in [1.807, 2.05) is 30.0 Å². The van der Waals surface area contributed by atoms with E-state index in [0.29, 0.717) is 21.2 Å². The molecule has 4 heteroatoms. The zero-order chi connectivity index (χ0) is 13.3. The van der Waals surface area contributed by atoms with Crippen molar-refractivity contribution in [1.29, 1.82) is 0 Å². The molecule has 1 aliphatic carbocycles. The summed E-state index contributed by atoms with van der Waals surface area (Å²) in [5.41, 5.74) is 6.30. The number of hydrogen-bond acceptors (Lipinski definition) is 2. The van der Waals surface area contributed by atoms with Crippen LogP contribution in [-0.4, -0.2) is 11.3 Å². The van der Waals surface area contributed by atoms with E-state index in [9.17, 15) is 0 Å². The Morgan fingerprint density at radius 3 is 2.50 bits per heavy atom. The highest BCUT2D eigenvalue weighted by Gasteiger charge is 2.32. The molecular weight excluding hydrogens is 285 g/mol. The molecule has 2 rings (SSSR count). The maximum Gasteiger partial charge on any atom is 0.0603 e. The van der Waals surface area contributed by atoms with Gasteiger partial charge in [-0.2, -0.15) is 0 Å². The Labute approximate surface area is 123 Å². The third-order valence-electron chi connectivity index (χ3n) is 3.59. The van der Waals surface area contributed by atoms with E-state index in [-0.39, 0.29) is 6.04 Å². The first-order chi connectivity index (χ1) is 8.47. The molecular formula is C14H19Cl2NS. The molecule has 0 aliphatic heterocycles. The number of rotatable bonds is 2. The number of hydrogen-bond donors (Lipinski definition) is 1. The van der Waals surface area contributed by atoms with Crippen LogP contribution < -0.4 is 5.73 Å². The minimum absolute atomic E-state index is 0.267. The normalized spacial score (nSPS) is 32.5. The van der Waals surface area contributed by atoms with Crippen molar-refractivity contribution in [2.24, 2.45) is 17.6 Å². The maximum absolute atomic E-state index is 6.30. The molecule has 0 amide bonds. The lowest BCUT2D eigenvalue weighted by molar-refractivity contribution is 0.279. The van der Waals surface area contributed by atoms with Crippen LogP contribution in [-0.2, 0) is 0 Å². The predicted molar refractivity (Wildman–Crippen MR) is 81.6 cm³/mol. The molecule has 2 N–H and O–H groups in total. The van der Waals surface area contributed by atoms with Crippen LogP contribution in [0.25, 0.3) is 0 Å². The van der Waals surface area contributed by atoms with Gasteiger partial charge in [0.1, 0.15) is 0 Å². The molecule has 1 nitrogen and oxygen atoms in total. The predicted octanol–water partition coefficient (Wildman–Crippen LogP) is 4.85. The van der Waals surface area contributed by atoms with E-state index in [2.05, 4.69) is 13.8 Å². The van der Waals surface area contributed by atoms with Gasteiger partial charge in [0.25, 0.3) is 0 Å². The van der Waals surface area contributed by atoms with Gasteiger partial charge in [0.2, 0.25) is 0 Å². The Morgan fingerprint density at radius 2 is 1.89 bits per heavy atom. The van der Waals surface area contributed by atoms with E-state index in [1.54, 1.807) is 0 Å². The molecule has 0 bridgehead atoms. The van der Waals surface area contributed by atoms with Crippen LogP contribution in [0.4, 0.5) is 0 Å². The van der Waals surface area contributed by atoms with Gasteiger partial charge >= 0.3 is 0 Å². The molecule has 0 heterocycles. The van der Waals surface area contributed by atoms with Crippen molar-refractivity contribution in [3.63, 3.8) is 0 Å². The van der Waals surface area contributed by atoms with Crippen molar-refractivity contribution in [1.82, 2.24) is 0 Å². The number of benzene rings is 1. The van der Waals surface area contributed by atoms with Crippen molar-refractivity contribution in [3.05, 3.63) is 28.2 Å². The fourth-order valence-corrected chi connectivity index (χ4v) is 4.44. The highest BCUT2D eigenvalue weighted by molar-refractivity contribution is 8.00. The van der Waals surface area contributed by atoms with Crippen LogP contribution in [0.3, 0.4) is 0 Å². The Kier molecular flexibility index (Phi) is 4.87. The summed E-state index contributed by atoms with van der Waals surface area (Å²) in [5, 5.41) is 1.70. The van der Waals surface area contributed by atoms with E-state index < -0.39 is 0 Å². The summed E-state index contributed by atoms with van der Waals surface area (Å²) in [6.45, 7) is 4.58. The second-order valence-electron chi connectivity index (χ2n) is 5.38. The summed E-state index contributed by atoms with van der Waals surface area (Å²) in [6, 6.07) is 6.08. The molecule has 4 atom stereocenters. The zero-order valence-electron chi connectivity index (χ0n) is 10.7. The summed E-state index contributed by atoms with van der Waals surface area (Å²) in [6.07, 6.45) is 2.37. The van der Waals surface area contributed by atoms with Gasteiger partial charge < -0.3 is 5.73 Å². The van der Waals surface area contributed by atoms with E-state index in [0.717, 1.165) is 17.2 Å². The van der Waals surface area contributed by atoms with Crippen LogP contribution in [0.1, 0.15) is 26.7 Å². The summed E-state index contributed by atoms with van der Waals surface area (Å²) < 4.78 is 0. The molecule has 1 aromatic rings. The quantitative estimate of drug-likeness (QED) is 0.845. The second kappa shape index (κ2) is 6.04. The third kappa shape index (κ3) is 3.36. The first-order valence-electron chi connectivity index (χ1n) is 6.34. The molecule has 100 valence electrons. The fourth-order valence-electron chi connectivity index (χ4n) is 2.80. The first kappa shape index (κ1) is 14.5. The van der Waals surface area contributed by atoms with Crippen molar-refractivity contribution >= 4 is 35.0 Å². The van der Waals surface area contributed by atoms with E-state index >= 15 is 0 Å². The summed E-state index contributed by atoms with van der Waals surface area (Å²) in [4.78, 5) is 1.16. The molecule has 1 saturated carbocycles. The highest BCUT2D eigenvalue weighted by Crippen LogP contribution is 2.40. The lowest BCUT2D eigenvalue weighted by Crippen LogP contribution is -2.42. The number of halogens is 2. The number of thioether (sulfide) groups is 1. The minimum atomic E-state index is 0.267. The molecule has 0 spiro atoms. The van der Waals surface area contributed by atoms with Gasteiger partial charge in [-0.05, 0) is 42.9 Å². The highest BCUT2D eigenvalue weighted by atomic mass is 35.5. The molecule has 0 aromatic heterocycles. The van der Waals surface area contributed by atoms with Crippen molar-refractivity contribution in [2.75, 3.05) is 0 Å². The van der Waals surface area contributed by atoms with Crippen molar-refractivity contribution in [3.8, 4) is 0 Å². The first-order valence-corrected chi connectivity index (χ1v) is 7.98. The van der Waals surface area contributed by atoms with Gasteiger partial charge in [-0.25, -0.2) is 0 Å². The lowest BCUT2D eigenvalue weighted by atomic mass is 9.80. The standard InChI is InChI=1S/C14H19Cl2NS/c1-8-5-9(2)14(13(17)6-8)18-10-3-4-11(15)12(16)7-10/h3-4,7-9,13-14H,5-6,17H2,1-2H3. The Bertz CT molecular complexity index is 412. The van der Waals surface area contributed by atoms with Gasteiger partial charge in [-0.3, -0.25) is 0 Å². The van der Waals surface area contributed by atoms with E-state index in [1.165, 1.54) is 6.42 Å². The van der Waals surface area contributed by atoms with Gasteiger partial charge in [0, 0.05) is 16.2 Å². The summed E-state index contributed by atoms with van der Waals surface area (Å²) in [5.74, 6) is 1.38. The summed E-state index contributed by atoms with van der Waals surface area (Å²) >= 11 is 13.8. The lowest BCUT2D eigenvalue weighted by Gasteiger charge is -2.37. The van der Waals surface area contributed by atoms with E-state index in [4.69, 9.17) is 28.9 Å². The monoisotopic (exact) mass is 303 g/mol. The van der Waals surface area contributed by atoms with Crippen molar-refractivity contribution < 1.29 is 0 Å². The average Bonchev–Trinajstić information content (AvgIpc) is 2.28. The van der Waals surface area contributed by atoms with Gasteiger partial charge in [-0.1, -0.05) is 37.0 Å². The number of nitrogens with two attached hydrogens (primary N) is 1. The summed E-state index contributed by atoms with van der Waals surface area (Å²) in [7, 11) is 0. The molecule has 0 radical (unpaired) electrons. The zero-order valence-corrected chi connectivity index (χ0v) is 13.0. The molecule has 1 aliphatic rings. The Hall–Kier alpha value is 0.110. The topological polar surface area (TPSA) is 26.0 Å². The van der Waals surface area contributed by atoms with Crippen LogP contribution in [0.15, 0.2) is 23.1 Å². The van der Waals surface area contributed by atoms with Crippen LogP contribution in [0.5, 0.6) is 0 Å². The third-order valence-corrected chi connectivity index (χ3v) is 5.95. The van der Waals surface area contributed by atoms with Crippen LogP contribution >= 0.6 is 35.0 Å². The van der Waals surface area contributed by atoms with Gasteiger partial charge in [0.05, 0.1) is 10.0 Å². The van der Waals surface area contributed by atoms with Crippen LogP contribution in [0, 0.1) is 11.8 Å². The molecule has 18 heavy (non-hydrogen) atoms. The molecule has 0 saturated heterocycles. The van der Waals surface area contributed by atoms with Gasteiger partial charge in [0.15, 0.2) is 0 Å². The smallest absolute Gasteiger partial charge is 0.0603 e. The Morgan fingerprint density at radius 1 is 1.17 bits per heavy atom. The minimum Gasteiger partial charge on any atom is -0.327 e. The van der Waals surface area contributed by atoms with Crippen LogP contribution in [0.2, 0.25) is 10.0 Å². The molecule has 1 fully saturated rings. The second-order valence-corrected chi connectivity index (χ2v) is 7.44. The van der Waals surface area contributed by atoms with Gasteiger partial charge in [-0.15, -0.1) is 11.8 Å². The average molecular weight is 304 g/mol. The molecule has 1 aromatic carbocycles. The van der Waals surface area contributed by atoms with Crippen molar-refractivity contribution in [2.45, 2.75) is 42.9 Å². The Balaban J connectivity index is 2.10. The maximum atomic E-state index is 6.30.